The summed E-state index contributed by atoms with van der Waals surface area (Å²) >= 11 is 0. The van der Waals surface area contributed by atoms with Crippen LogP contribution in [0.15, 0.2) is 42.5 Å². The van der Waals surface area contributed by atoms with E-state index in [2.05, 4.69) is 0 Å². The average molecular weight is 423 g/mol. The molecule has 0 atom stereocenters. The molecular formula is C21H17F4NO4. The minimum Gasteiger partial charge on any atom is -0.461 e. The zero-order chi connectivity index (χ0) is 22.1. The minimum absolute atomic E-state index is 0.0698. The van der Waals surface area contributed by atoms with Crippen molar-refractivity contribution in [2.24, 2.45) is 0 Å². The Kier molecular flexibility index (Phi) is 5.82. The highest BCUT2D eigenvalue weighted by molar-refractivity contribution is 5.96. The summed E-state index contributed by atoms with van der Waals surface area (Å²) in [5, 5.41) is 0.546. The lowest BCUT2D eigenvalue weighted by molar-refractivity contribution is -0.140. The molecule has 0 N–H and O–H groups in total. The maximum atomic E-state index is 14.0. The Balaban J connectivity index is 2.06. The summed E-state index contributed by atoms with van der Waals surface area (Å²) in [7, 11) is 0. The number of hydrogen-bond donors (Lipinski definition) is 0. The Morgan fingerprint density at radius 3 is 2.40 bits per heavy atom. The van der Waals surface area contributed by atoms with Crippen molar-refractivity contribution in [1.82, 2.24) is 4.57 Å². The second-order valence-corrected chi connectivity index (χ2v) is 6.46. The largest absolute Gasteiger partial charge is 0.461 e. The predicted molar refractivity (Wildman–Crippen MR) is 99.7 cm³/mol. The summed E-state index contributed by atoms with van der Waals surface area (Å²) in [5.74, 6) is -2.29. The van der Waals surface area contributed by atoms with Crippen LogP contribution in [0.1, 0.15) is 35.5 Å². The number of esters is 2. The number of ether oxygens (including phenoxy) is 2. The Bertz CT molecular complexity index is 1120. The second-order valence-electron chi connectivity index (χ2n) is 6.46. The number of rotatable bonds is 5. The van der Waals surface area contributed by atoms with Crippen LogP contribution < -0.4 is 4.74 Å². The molecule has 0 aliphatic carbocycles. The van der Waals surface area contributed by atoms with Gasteiger partial charge in [0.2, 0.25) is 0 Å². The fourth-order valence-corrected chi connectivity index (χ4v) is 3.09. The van der Waals surface area contributed by atoms with Crippen LogP contribution in [0.5, 0.6) is 5.75 Å². The third-order valence-electron chi connectivity index (χ3n) is 4.30. The van der Waals surface area contributed by atoms with E-state index in [1.807, 2.05) is 0 Å². The number of fused-ring (bicyclic) bond motifs is 1. The van der Waals surface area contributed by atoms with Crippen LogP contribution >= 0.6 is 0 Å². The number of benzene rings is 2. The van der Waals surface area contributed by atoms with Gasteiger partial charge >= 0.3 is 18.1 Å². The third-order valence-corrected chi connectivity index (χ3v) is 4.30. The number of alkyl halides is 3. The van der Waals surface area contributed by atoms with Crippen LogP contribution in [0, 0.1) is 5.82 Å². The van der Waals surface area contributed by atoms with Gasteiger partial charge < -0.3 is 14.0 Å². The van der Waals surface area contributed by atoms with Gasteiger partial charge in [-0.1, -0.05) is 6.07 Å². The van der Waals surface area contributed by atoms with Crippen molar-refractivity contribution in [3.8, 4) is 5.75 Å². The molecule has 1 heterocycles. The van der Waals surface area contributed by atoms with Gasteiger partial charge in [0.25, 0.3) is 0 Å². The van der Waals surface area contributed by atoms with Crippen LogP contribution in [0.2, 0.25) is 0 Å². The molecule has 0 radical (unpaired) electrons. The number of halogens is 4. The van der Waals surface area contributed by atoms with E-state index in [0.717, 1.165) is 12.1 Å². The van der Waals surface area contributed by atoms with Gasteiger partial charge in [0.15, 0.2) is 0 Å². The van der Waals surface area contributed by atoms with Gasteiger partial charge in [-0.25, -0.2) is 9.18 Å². The van der Waals surface area contributed by atoms with Crippen molar-refractivity contribution in [2.45, 2.75) is 26.6 Å². The molecule has 9 heteroatoms. The first-order valence-electron chi connectivity index (χ1n) is 8.94. The fourth-order valence-electron chi connectivity index (χ4n) is 3.09. The highest BCUT2D eigenvalue weighted by Crippen LogP contribution is 2.32. The van der Waals surface area contributed by atoms with E-state index in [9.17, 15) is 27.2 Å². The molecule has 2 aromatic carbocycles. The first-order valence-corrected chi connectivity index (χ1v) is 8.94. The van der Waals surface area contributed by atoms with Gasteiger partial charge in [0, 0.05) is 24.4 Å². The van der Waals surface area contributed by atoms with E-state index in [0.29, 0.717) is 17.0 Å². The fraction of sp³-hybridized carbons (Fsp3) is 0.238. The average Bonchev–Trinajstić information content (AvgIpc) is 2.98. The normalized spacial score (nSPS) is 11.5. The first-order chi connectivity index (χ1) is 14.1. The van der Waals surface area contributed by atoms with Crippen molar-refractivity contribution >= 4 is 22.8 Å². The lowest BCUT2D eigenvalue weighted by atomic mass is 10.1. The summed E-state index contributed by atoms with van der Waals surface area (Å²) in [6.07, 6.45) is -4.80. The van der Waals surface area contributed by atoms with E-state index in [-0.39, 0.29) is 30.2 Å². The molecular weight excluding hydrogens is 406 g/mol. The smallest absolute Gasteiger partial charge is 0.419 e. The molecule has 0 saturated carbocycles. The van der Waals surface area contributed by atoms with Crippen molar-refractivity contribution < 1.29 is 36.6 Å². The quantitative estimate of drug-likeness (QED) is 0.331. The first kappa shape index (κ1) is 21.4. The SMILES string of the molecule is CCOC(=O)c1cc2cc(OC(C)=O)ccc2n1Cc1ccc(C(F)(F)F)c(F)c1. The minimum atomic E-state index is -4.80. The number of aromatic nitrogens is 1. The van der Waals surface area contributed by atoms with Crippen LogP contribution in [-0.2, 0) is 22.3 Å². The molecule has 158 valence electrons. The third kappa shape index (κ3) is 4.45. The molecule has 0 fully saturated rings. The van der Waals surface area contributed by atoms with Crippen LogP contribution in [-0.4, -0.2) is 23.1 Å². The molecule has 5 nitrogen and oxygen atoms in total. The van der Waals surface area contributed by atoms with Crippen molar-refractivity contribution in [1.29, 1.82) is 0 Å². The predicted octanol–water partition coefficient (Wildman–Crippen LogP) is 4.95. The molecule has 0 bridgehead atoms. The molecule has 30 heavy (non-hydrogen) atoms. The summed E-state index contributed by atoms with van der Waals surface area (Å²) in [4.78, 5) is 23.6. The molecule has 0 aliphatic rings. The second kappa shape index (κ2) is 8.17. The van der Waals surface area contributed by atoms with Gasteiger partial charge in [-0.2, -0.15) is 13.2 Å². The summed E-state index contributed by atoms with van der Waals surface area (Å²) in [6, 6.07) is 8.78. The summed E-state index contributed by atoms with van der Waals surface area (Å²) < 4.78 is 64.0. The zero-order valence-corrected chi connectivity index (χ0v) is 16.0. The van der Waals surface area contributed by atoms with E-state index >= 15 is 0 Å². The molecule has 3 aromatic rings. The maximum absolute atomic E-state index is 14.0. The lowest BCUT2D eigenvalue weighted by Crippen LogP contribution is -2.14. The molecule has 0 spiro atoms. The lowest BCUT2D eigenvalue weighted by Gasteiger charge is -2.13. The Labute approximate surface area is 168 Å². The van der Waals surface area contributed by atoms with Gasteiger partial charge in [0.05, 0.1) is 12.2 Å². The van der Waals surface area contributed by atoms with Crippen molar-refractivity contribution in [3.05, 3.63) is 65.1 Å². The van der Waals surface area contributed by atoms with Crippen LogP contribution in [0.25, 0.3) is 10.9 Å². The highest BCUT2D eigenvalue weighted by atomic mass is 19.4. The molecule has 0 unspecified atom stereocenters. The zero-order valence-electron chi connectivity index (χ0n) is 16.0. The van der Waals surface area contributed by atoms with Gasteiger partial charge in [0.1, 0.15) is 17.3 Å². The van der Waals surface area contributed by atoms with Gasteiger partial charge in [-0.3, -0.25) is 4.79 Å². The summed E-state index contributed by atoms with van der Waals surface area (Å²) in [6.45, 7) is 2.93. The van der Waals surface area contributed by atoms with E-state index in [1.165, 1.54) is 23.6 Å². The highest BCUT2D eigenvalue weighted by Gasteiger charge is 2.34. The molecule has 0 aliphatic heterocycles. The Hall–Kier alpha value is -3.36. The van der Waals surface area contributed by atoms with E-state index < -0.39 is 29.5 Å². The number of carbonyl (C=O) groups excluding carboxylic acids is 2. The molecule has 3 rings (SSSR count). The van der Waals surface area contributed by atoms with Crippen LogP contribution in [0.4, 0.5) is 17.6 Å². The monoisotopic (exact) mass is 423 g/mol. The molecule has 0 amide bonds. The van der Waals surface area contributed by atoms with Gasteiger partial charge in [-0.15, -0.1) is 0 Å². The number of hydrogen-bond acceptors (Lipinski definition) is 4. The van der Waals surface area contributed by atoms with Gasteiger partial charge in [-0.05, 0) is 48.9 Å². The number of carbonyl (C=O) groups is 2. The van der Waals surface area contributed by atoms with Crippen molar-refractivity contribution in [3.63, 3.8) is 0 Å². The standard InChI is InChI=1S/C21H17F4NO4/c1-3-29-20(28)19-10-14-9-15(30-12(2)27)5-7-18(14)26(19)11-13-4-6-16(17(22)8-13)21(23,24)25/h4-10H,3,11H2,1-2H3. The maximum Gasteiger partial charge on any atom is 0.419 e. The van der Waals surface area contributed by atoms with Crippen LogP contribution in [0.3, 0.4) is 0 Å². The van der Waals surface area contributed by atoms with E-state index in [4.69, 9.17) is 9.47 Å². The van der Waals surface area contributed by atoms with E-state index in [1.54, 1.807) is 19.1 Å². The topological polar surface area (TPSA) is 57.5 Å². The Morgan fingerprint density at radius 1 is 1.07 bits per heavy atom. The summed E-state index contributed by atoms with van der Waals surface area (Å²) in [5.41, 5.74) is -0.464. The molecule has 0 saturated heterocycles. The van der Waals surface area contributed by atoms with Crippen molar-refractivity contribution in [2.75, 3.05) is 6.61 Å². The number of nitrogens with zero attached hydrogens (tertiary/aromatic N) is 1. The Morgan fingerprint density at radius 2 is 1.80 bits per heavy atom. The molecule has 1 aromatic heterocycles.